The van der Waals surface area contributed by atoms with Crippen LogP contribution in [0.2, 0.25) is 0 Å². The van der Waals surface area contributed by atoms with Crippen molar-refractivity contribution in [2.75, 3.05) is 5.32 Å². The van der Waals surface area contributed by atoms with Crippen LogP contribution < -0.4 is 5.32 Å². The Balaban J connectivity index is 1.49. The van der Waals surface area contributed by atoms with E-state index in [9.17, 15) is 19.1 Å². The minimum atomic E-state index is -1.27. The van der Waals surface area contributed by atoms with Crippen molar-refractivity contribution in [2.45, 2.75) is 12.6 Å². The van der Waals surface area contributed by atoms with E-state index in [0.29, 0.717) is 21.8 Å². The molecule has 172 valence electrons. The second-order valence-electron chi connectivity index (χ2n) is 7.85. The summed E-state index contributed by atoms with van der Waals surface area (Å²) in [6.07, 6.45) is 1.53. The van der Waals surface area contributed by atoms with Crippen molar-refractivity contribution in [1.29, 1.82) is 0 Å². The molecule has 2 N–H and O–H groups in total. The molecule has 0 aliphatic carbocycles. The largest absolute Gasteiger partial charge is 0.508 e. The van der Waals surface area contributed by atoms with Gasteiger partial charge in [-0.1, -0.05) is 36.1 Å². The molecule has 0 bridgehead atoms. The van der Waals surface area contributed by atoms with Gasteiger partial charge in [-0.3, -0.25) is 14.9 Å². The maximum atomic E-state index is 14.1. The molecule has 1 aliphatic rings. The maximum absolute atomic E-state index is 14.1. The average Bonchev–Trinajstić information content (AvgIpc) is 3.49. The number of phenols is 1. The molecule has 6 nitrogen and oxygen atoms in total. The van der Waals surface area contributed by atoms with Gasteiger partial charge in [0.15, 0.2) is 5.13 Å². The zero-order valence-electron chi connectivity index (χ0n) is 18.2. The quantitative estimate of drug-likeness (QED) is 0.412. The highest BCUT2D eigenvalue weighted by Crippen LogP contribution is 2.36. The van der Waals surface area contributed by atoms with Gasteiger partial charge in [-0.25, -0.2) is 9.37 Å². The number of hydrogen-bond acceptors (Lipinski definition) is 5. The Morgan fingerprint density at radius 3 is 2.66 bits per heavy atom. The lowest BCUT2D eigenvalue weighted by Crippen LogP contribution is -2.37. The first-order valence-electron chi connectivity index (χ1n) is 10.7. The summed E-state index contributed by atoms with van der Waals surface area (Å²) in [6, 6.07) is 16.8. The molecule has 0 radical (unpaired) electrons. The van der Waals surface area contributed by atoms with Crippen LogP contribution in [0, 0.1) is 17.7 Å². The molecule has 35 heavy (non-hydrogen) atoms. The number of carbonyl (C=O) groups is 2. The summed E-state index contributed by atoms with van der Waals surface area (Å²) in [4.78, 5) is 32.1. The molecule has 0 unspecified atom stereocenters. The zero-order valence-corrected chi connectivity index (χ0v) is 19.1. The Morgan fingerprint density at radius 1 is 1.09 bits per heavy atom. The predicted molar refractivity (Wildman–Crippen MR) is 130 cm³/mol. The molecular weight excluding hydrogens is 465 g/mol. The van der Waals surface area contributed by atoms with E-state index in [2.05, 4.69) is 22.1 Å². The summed E-state index contributed by atoms with van der Waals surface area (Å²) in [5.74, 6) is 4.19. The summed E-state index contributed by atoms with van der Waals surface area (Å²) < 4.78 is 14.1. The number of phenolic OH excluding ortho intramolecular Hbond substituents is 1. The normalized spacial score (nSPS) is 13.1. The van der Waals surface area contributed by atoms with Crippen molar-refractivity contribution in [1.82, 2.24) is 9.88 Å². The monoisotopic (exact) mass is 483 g/mol. The Morgan fingerprint density at radius 2 is 1.89 bits per heavy atom. The van der Waals surface area contributed by atoms with Crippen LogP contribution in [0.25, 0.3) is 0 Å². The zero-order chi connectivity index (χ0) is 24.4. The fourth-order valence-electron chi connectivity index (χ4n) is 3.93. The van der Waals surface area contributed by atoms with Crippen LogP contribution in [-0.2, 0) is 11.3 Å². The third-order valence-electron chi connectivity index (χ3n) is 5.57. The average molecular weight is 484 g/mol. The third kappa shape index (κ3) is 4.63. The Bertz CT molecular complexity index is 1480. The molecule has 0 saturated heterocycles. The number of halogens is 1. The second kappa shape index (κ2) is 9.41. The summed E-state index contributed by atoms with van der Waals surface area (Å²) in [7, 11) is 0. The van der Waals surface area contributed by atoms with Crippen molar-refractivity contribution in [3.63, 3.8) is 0 Å². The molecule has 1 atom stereocenters. The van der Waals surface area contributed by atoms with Crippen LogP contribution in [0.3, 0.4) is 0 Å². The predicted octanol–water partition coefficient (Wildman–Crippen LogP) is 4.72. The highest BCUT2D eigenvalue weighted by atomic mass is 32.1. The third-order valence-corrected chi connectivity index (χ3v) is 6.26. The number of anilines is 1. The number of carbonyl (C=O) groups excluding carboxylic acids is 2. The van der Waals surface area contributed by atoms with E-state index in [1.807, 2.05) is 36.4 Å². The van der Waals surface area contributed by atoms with Crippen LogP contribution in [0.5, 0.6) is 5.75 Å². The van der Waals surface area contributed by atoms with Crippen LogP contribution in [0.1, 0.15) is 38.7 Å². The van der Waals surface area contributed by atoms with E-state index in [1.165, 1.54) is 28.5 Å². The number of nitrogens with one attached hydrogen (secondary N) is 1. The van der Waals surface area contributed by atoms with Gasteiger partial charge in [-0.2, -0.15) is 0 Å². The van der Waals surface area contributed by atoms with Gasteiger partial charge in [0.25, 0.3) is 11.8 Å². The first-order valence-corrected chi connectivity index (χ1v) is 11.6. The van der Waals surface area contributed by atoms with E-state index in [-0.39, 0.29) is 17.9 Å². The molecule has 4 aromatic rings. The topological polar surface area (TPSA) is 82.5 Å². The fraction of sp³-hybridized carbons (Fsp3) is 0.0741. The van der Waals surface area contributed by atoms with Crippen LogP contribution in [0.15, 0.2) is 78.3 Å². The smallest absolute Gasteiger partial charge is 0.255 e. The standard InChI is InChI=1S/C27H18FN3O3S/c28-20-10-11-23(32)22(15-20)24(25(33)30-27-29-12-13-35-27)31-16-19-9-8-18(14-21(19)26(31)34)7-6-17-4-2-1-3-5-17/h1-5,8-15,24,32H,16H2,(H,29,30,33)/t24-/m1/s1. The molecule has 0 spiro atoms. The molecule has 1 aliphatic heterocycles. The minimum Gasteiger partial charge on any atom is -0.508 e. The fourth-order valence-corrected chi connectivity index (χ4v) is 4.46. The summed E-state index contributed by atoms with van der Waals surface area (Å²) in [6.45, 7) is 0.118. The van der Waals surface area contributed by atoms with E-state index in [1.54, 1.807) is 17.5 Å². The molecule has 5 rings (SSSR count). The number of nitrogens with zero attached hydrogens (tertiary/aromatic N) is 2. The molecule has 8 heteroatoms. The van der Waals surface area contributed by atoms with Gasteiger partial charge < -0.3 is 10.0 Å². The highest BCUT2D eigenvalue weighted by Gasteiger charge is 2.39. The number of benzene rings is 3. The van der Waals surface area contributed by atoms with Crippen LogP contribution in [0.4, 0.5) is 9.52 Å². The molecule has 2 heterocycles. The molecule has 2 amide bonds. The van der Waals surface area contributed by atoms with Crippen molar-refractivity contribution in [3.8, 4) is 17.6 Å². The van der Waals surface area contributed by atoms with Gasteiger partial charge in [-0.05, 0) is 48.0 Å². The Labute approximate surface area is 204 Å². The van der Waals surface area contributed by atoms with Gasteiger partial charge in [0, 0.05) is 40.4 Å². The molecule has 0 saturated carbocycles. The number of thiazole rings is 1. The number of aromatic hydroxyl groups is 1. The lowest BCUT2D eigenvalue weighted by molar-refractivity contribution is -0.120. The molecule has 1 aromatic heterocycles. The van der Waals surface area contributed by atoms with E-state index < -0.39 is 23.7 Å². The summed E-state index contributed by atoms with van der Waals surface area (Å²) >= 11 is 1.21. The van der Waals surface area contributed by atoms with Gasteiger partial charge >= 0.3 is 0 Å². The number of aromatic nitrogens is 1. The molecular formula is C27H18FN3O3S. The number of rotatable bonds is 4. The lowest BCUT2D eigenvalue weighted by Gasteiger charge is -2.27. The Hall–Kier alpha value is -4.48. The minimum absolute atomic E-state index is 0.00990. The van der Waals surface area contributed by atoms with Gasteiger partial charge in [0.1, 0.15) is 17.6 Å². The van der Waals surface area contributed by atoms with Gasteiger partial charge in [-0.15, -0.1) is 11.3 Å². The summed E-state index contributed by atoms with van der Waals surface area (Å²) in [5, 5.41) is 15.1. The van der Waals surface area contributed by atoms with E-state index >= 15 is 0 Å². The van der Waals surface area contributed by atoms with E-state index in [4.69, 9.17) is 0 Å². The molecule has 3 aromatic carbocycles. The summed E-state index contributed by atoms with van der Waals surface area (Å²) in [5.41, 5.74) is 2.61. The van der Waals surface area contributed by atoms with E-state index in [0.717, 1.165) is 17.7 Å². The van der Waals surface area contributed by atoms with Crippen molar-refractivity contribution in [2.24, 2.45) is 0 Å². The maximum Gasteiger partial charge on any atom is 0.255 e. The SMILES string of the molecule is O=C(Nc1nccs1)[C@@H](c1cc(F)ccc1O)N1Cc2ccc(C#Cc3ccccc3)cc2C1=O. The van der Waals surface area contributed by atoms with Crippen LogP contribution >= 0.6 is 11.3 Å². The van der Waals surface area contributed by atoms with Gasteiger partial charge in [0.05, 0.1) is 0 Å². The lowest BCUT2D eigenvalue weighted by atomic mass is 10.0. The number of fused-ring (bicyclic) bond motifs is 1. The number of hydrogen-bond donors (Lipinski definition) is 2. The first kappa shape index (κ1) is 22.3. The Kier molecular flexibility index (Phi) is 6.00. The van der Waals surface area contributed by atoms with Crippen LogP contribution in [-0.4, -0.2) is 26.8 Å². The van der Waals surface area contributed by atoms with Crippen molar-refractivity contribution < 1.29 is 19.1 Å². The number of amides is 2. The van der Waals surface area contributed by atoms with Crippen molar-refractivity contribution >= 4 is 28.3 Å². The first-order chi connectivity index (χ1) is 17.0. The van der Waals surface area contributed by atoms with Crippen molar-refractivity contribution in [3.05, 3.63) is 112 Å². The second-order valence-corrected chi connectivity index (χ2v) is 8.75. The van der Waals surface area contributed by atoms with Gasteiger partial charge in [0.2, 0.25) is 0 Å². The molecule has 0 fully saturated rings. The highest BCUT2D eigenvalue weighted by molar-refractivity contribution is 7.13.